The zero-order valence-corrected chi connectivity index (χ0v) is 13.3. The van der Waals surface area contributed by atoms with E-state index in [-0.39, 0.29) is 12.5 Å². The van der Waals surface area contributed by atoms with Crippen LogP contribution in [-0.4, -0.2) is 57.3 Å². The molecule has 1 aliphatic rings. The van der Waals surface area contributed by atoms with Crippen molar-refractivity contribution in [3.8, 4) is 0 Å². The maximum absolute atomic E-state index is 11.8. The Kier molecular flexibility index (Phi) is 7.36. The number of carbonyl (C=O) groups excluding carboxylic acids is 1. The number of hydrogen-bond donors (Lipinski definition) is 1. The van der Waals surface area contributed by atoms with Crippen molar-refractivity contribution in [3.63, 3.8) is 0 Å². The van der Waals surface area contributed by atoms with E-state index in [1.165, 1.54) is 0 Å². The van der Waals surface area contributed by atoms with Crippen LogP contribution >= 0.6 is 0 Å². The minimum absolute atomic E-state index is 0.0359. The molecule has 1 aromatic carbocycles. The zero-order valence-electron chi connectivity index (χ0n) is 13.3. The van der Waals surface area contributed by atoms with Gasteiger partial charge in [-0.2, -0.15) is 0 Å². The maximum atomic E-state index is 11.8. The smallest absolute Gasteiger partial charge is 0.246 e. The predicted octanol–water partition coefficient (Wildman–Crippen LogP) is 1.29. The van der Waals surface area contributed by atoms with Gasteiger partial charge in [0.05, 0.1) is 13.2 Å². The number of likely N-dealkylation sites (tertiary alicyclic amines) is 1. The summed E-state index contributed by atoms with van der Waals surface area (Å²) in [5.41, 5.74) is 1.08. The molecule has 1 fully saturated rings. The molecule has 1 amide bonds. The van der Waals surface area contributed by atoms with Crippen LogP contribution in [-0.2, 0) is 20.9 Å². The Morgan fingerprint density at radius 1 is 1.36 bits per heavy atom. The first-order chi connectivity index (χ1) is 10.8. The fourth-order valence-electron chi connectivity index (χ4n) is 2.65. The zero-order chi connectivity index (χ0) is 15.6. The first-order valence-electron chi connectivity index (χ1n) is 7.87. The number of carbonyl (C=O) groups is 1. The van der Waals surface area contributed by atoms with Crippen LogP contribution < -0.4 is 5.32 Å². The topological polar surface area (TPSA) is 50.8 Å². The van der Waals surface area contributed by atoms with Gasteiger partial charge in [0.2, 0.25) is 5.91 Å². The predicted molar refractivity (Wildman–Crippen MR) is 85.5 cm³/mol. The molecule has 5 nitrogen and oxygen atoms in total. The lowest BCUT2D eigenvalue weighted by Crippen LogP contribution is -2.33. The summed E-state index contributed by atoms with van der Waals surface area (Å²) in [5, 5.41) is 2.97. The van der Waals surface area contributed by atoms with Gasteiger partial charge in [-0.25, -0.2) is 0 Å². The van der Waals surface area contributed by atoms with Crippen molar-refractivity contribution >= 4 is 5.91 Å². The van der Waals surface area contributed by atoms with E-state index in [4.69, 9.17) is 9.47 Å². The molecule has 22 heavy (non-hydrogen) atoms. The van der Waals surface area contributed by atoms with Crippen LogP contribution in [0.15, 0.2) is 30.3 Å². The van der Waals surface area contributed by atoms with Crippen molar-refractivity contribution in [1.29, 1.82) is 0 Å². The van der Waals surface area contributed by atoms with Gasteiger partial charge >= 0.3 is 0 Å². The summed E-state index contributed by atoms with van der Waals surface area (Å²) in [4.78, 5) is 14.2. The number of rotatable bonds is 9. The lowest BCUT2D eigenvalue weighted by Gasteiger charge is -2.15. The quantitative estimate of drug-likeness (QED) is 0.747. The third-order valence-electron chi connectivity index (χ3n) is 3.91. The number of ether oxygens (including phenoxy) is 2. The normalized spacial score (nSPS) is 18.5. The van der Waals surface area contributed by atoms with Crippen LogP contribution in [0.25, 0.3) is 0 Å². The van der Waals surface area contributed by atoms with E-state index in [0.717, 1.165) is 44.8 Å². The summed E-state index contributed by atoms with van der Waals surface area (Å²) < 4.78 is 10.5. The summed E-state index contributed by atoms with van der Waals surface area (Å²) in [6.07, 6.45) is 1.13. The second-order valence-corrected chi connectivity index (χ2v) is 5.73. The Hall–Kier alpha value is -1.43. The van der Waals surface area contributed by atoms with E-state index in [1.807, 2.05) is 30.3 Å². The van der Waals surface area contributed by atoms with E-state index in [0.29, 0.717) is 12.5 Å². The maximum Gasteiger partial charge on any atom is 0.246 e. The largest absolute Gasteiger partial charge is 0.383 e. The third-order valence-corrected chi connectivity index (χ3v) is 3.91. The summed E-state index contributed by atoms with van der Waals surface area (Å²) in [6.45, 7) is 5.20. The SMILES string of the molecule is COCCN1CC[C@H](CNC(=O)COCc2ccccc2)C1. The van der Waals surface area contributed by atoms with E-state index in [2.05, 4.69) is 10.2 Å². The van der Waals surface area contributed by atoms with Gasteiger partial charge in [-0.15, -0.1) is 0 Å². The van der Waals surface area contributed by atoms with Gasteiger partial charge < -0.3 is 19.7 Å². The minimum Gasteiger partial charge on any atom is -0.383 e. The van der Waals surface area contributed by atoms with Gasteiger partial charge in [0.1, 0.15) is 6.61 Å². The van der Waals surface area contributed by atoms with Crippen LogP contribution in [0.1, 0.15) is 12.0 Å². The molecule has 0 spiro atoms. The molecule has 0 bridgehead atoms. The van der Waals surface area contributed by atoms with Crippen molar-refractivity contribution in [2.24, 2.45) is 5.92 Å². The van der Waals surface area contributed by atoms with E-state index < -0.39 is 0 Å². The Bertz CT molecular complexity index is 439. The van der Waals surface area contributed by atoms with Crippen LogP contribution in [0.3, 0.4) is 0 Å². The molecule has 0 aromatic heterocycles. The van der Waals surface area contributed by atoms with Crippen molar-refractivity contribution in [2.45, 2.75) is 13.0 Å². The van der Waals surface area contributed by atoms with Gasteiger partial charge in [0.15, 0.2) is 0 Å². The van der Waals surface area contributed by atoms with Crippen LogP contribution in [0.2, 0.25) is 0 Å². The molecule has 1 heterocycles. The second-order valence-electron chi connectivity index (χ2n) is 5.73. The van der Waals surface area contributed by atoms with E-state index in [1.54, 1.807) is 7.11 Å². The highest BCUT2D eigenvalue weighted by atomic mass is 16.5. The summed E-state index contributed by atoms with van der Waals surface area (Å²) in [5.74, 6) is 0.501. The summed E-state index contributed by atoms with van der Waals surface area (Å²) in [7, 11) is 1.73. The third kappa shape index (κ3) is 6.13. The minimum atomic E-state index is -0.0359. The number of hydrogen-bond acceptors (Lipinski definition) is 4. The van der Waals surface area contributed by atoms with Gasteiger partial charge in [-0.1, -0.05) is 30.3 Å². The van der Waals surface area contributed by atoms with E-state index in [9.17, 15) is 4.79 Å². The highest BCUT2D eigenvalue weighted by molar-refractivity contribution is 5.77. The molecule has 0 unspecified atom stereocenters. The van der Waals surface area contributed by atoms with Crippen LogP contribution in [0, 0.1) is 5.92 Å². The first kappa shape index (κ1) is 16.9. The lowest BCUT2D eigenvalue weighted by atomic mass is 10.1. The Morgan fingerprint density at radius 3 is 2.95 bits per heavy atom. The average Bonchev–Trinajstić information content (AvgIpc) is 3.00. The molecule has 1 aromatic rings. The monoisotopic (exact) mass is 306 g/mol. The highest BCUT2D eigenvalue weighted by Gasteiger charge is 2.22. The molecular formula is C17H26N2O3. The molecule has 1 saturated heterocycles. The average molecular weight is 306 g/mol. The molecule has 0 radical (unpaired) electrons. The Morgan fingerprint density at radius 2 is 2.18 bits per heavy atom. The van der Waals surface area contributed by atoms with Crippen molar-refractivity contribution in [1.82, 2.24) is 10.2 Å². The standard InChI is InChI=1S/C17H26N2O3/c1-21-10-9-19-8-7-16(12-19)11-18-17(20)14-22-13-15-5-3-2-4-6-15/h2-6,16H,7-14H2,1H3,(H,18,20)/t16-/m1/s1. The number of nitrogens with zero attached hydrogens (tertiary/aromatic N) is 1. The second kappa shape index (κ2) is 9.56. The van der Waals surface area contributed by atoms with Crippen LogP contribution in [0.5, 0.6) is 0 Å². The Balaban J connectivity index is 1.54. The fraction of sp³-hybridized carbons (Fsp3) is 0.588. The van der Waals surface area contributed by atoms with Crippen molar-refractivity contribution in [3.05, 3.63) is 35.9 Å². The molecule has 2 rings (SSSR count). The molecule has 5 heteroatoms. The molecule has 1 atom stereocenters. The number of amides is 1. The molecule has 1 aliphatic heterocycles. The van der Waals surface area contributed by atoms with Gasteiger partial charge in [-0.05, 0) is 24.4 Å². The molecule has 0 aliphatic carbocycles. The van der Waals surface area contributed by atoms with E-state index >= 15 is 0 Å². The molecular weight excluding hydrogens is 280 g/mol. The number of benzene rings is 1. The molecule has 0 saturated carbocycles. The Labute approximate surface area is 132 Å². The summed E-state index contributed by atoms with van der Waals surface area (Å²) in [6, 6.07) is 9.88. The summed E-state index contributed by atoms with van der Waals surface area (Å²) >= 11 is 0. The molecule has 122 valence electrons. The van der Waals surface area contributed by atoms with Crippen molar-refractivity contribution in [2.75, 3.05) is 46.5 Å². The van der Waals surface area contributed by atoms with Gasteiger partial charge in [0, 0.05) is 26.7 Å². The van der Waals surface area contributed by atoms with Gasteiger partial charge in [0.25, 0.3) is 0 Å². The van der Waals surface area contributed by atoms with Gasteiger partial charge in [-0.3, -0.25) is 4.79 Å². The lowest BCUT2D eigenvalue weighted by molar-refractivity contribution is -0.126. The number of nitrogens with one attached hydrogen (secondary N) is 1. The van der Waals surface area contributed by atoms with Crippen LogP contribution in [0.4, 0.5) is 0 Å². The fourth-order valence-corrected chi connectivity index (χ4v) is 2.65. The highest BCUT2D eigenvalue weighted by Crippen LogP contribution is 2.14. The van der Waals surface area contributed by atoms with Crippen molar-refractivity contribution < 1.29 is 14.3 Å². The number of methoxy groups -OCH3 is 1. The molecule has 1 N–H and O–H groups in total. The first-order valence-corrected chi connectivity index (χ1v) is 7.87.